The summed E-state index contributed by atoms with van der Waals surface area (Å²) in [5.41, 5.74) is 3.23. The highest BCUT2D eigenvalue weighted by molar-refractivity contribution is 7.91. The fourth-order valence-corrected chi connectivity index (χ4v) is 4.69. The lowest BCUT2D eigenvalue weighted by molar-refractivity contribution is 0.259. The van der Waals surface area contributed by atoms with Gasteiger partial charge in [-0.3, -0.25) is 4.72 Å². The van der Waals surface area contributed by atoms with Gasteiger partial charge in [0.2, 0.25) is 21.9 Å². The fraction of sp³-hybridized carbons (Fsp3) is 0.609. The van der Waals surface area contributed by atoms with Crippen LogP contribution in [0.5, 0.6) is 5.75 Å². The topological polar surface area (TPSA) is 137 Å². The summed E-state index contributed by atoms with van der Waals surface area (Å²) >= 11 is 0. The molecule has 0 aliphatic heterocycles. The molecule has 33 heavy (non-hydrogen) atoms. The minimum atomic E-state index is -3.57. The Morgan fingerprint density at radius 3 is 2.42 bits per heavy atom. The third-order valence-corrected chi connectivity index (χ3v) is 6.34. The van der Waals surface area contributed by atoms with Gasteiger partial charge >= 0.3 is 0 Å². The predicted octanol–water partition coefficient (Wildman–Crippen LogP) is 2.99. The van der Waals surface area contributed by atoms with E-state index in [1.807, 2.05) is 13.0 Å². The number of rotatable bonds is 10. The van der Waals surface area contributed by atoms with E-state index in [9.17, 15) is 18.6 Å². The second kappa shape index (κ2) is 10.6. The number of sulfonamides is 1. The van der Waals surface area contributed by atoms with Crippen LogP contribution in [0.1, 0.15) is 68.5 Å². The van der Waals surface area contributed by atoms with Crippen LogP contribution in [0.15, 0.2) is 12.1 Å². The van der Waals surface area contributed by atoms with Gasteiger partial charge in [-0.1, -0.05) is 26.8 Å². The highest BCUT2D eigenvalue weighted by Crippen LogP contribution is 2.33. The molecule has 1 heterocycles. The van der Waals surface area contributed by atoms with E-state index in [-0.39, 0.29) is 30.5 Å². The van der Waals surface area contributed by atoms with Gasteiger partial charge in [0.1, 0.15) is 11.6 Å². The van der Waals surface area contributed by atoms with Crippen LogP contribution in [0.4, 0.5) is 11.9 Å². The lowest BCUT2D eigenvalue weighted by Gasteiger charge is -2.21. The van der Waals surface area contributed by atoms with E-state index in [1.165, 1.54) is 5.56 Å². The summed E-state index contributed by atoms with van der Waals surface area (Å²) in [5.74, 6) is 1.25. The van der Waals surface area contributed by atoms with Crippen LogP contribution in [-0.4, -0.2) is 52.5 Å². The van der Waals surface area contributed by atoms with E-state index in [0.717, 1.165) is 43.1 Å². The molecule has 1 aliphatic rings. The van der Waals surface area contributed by atoms with Crippen molar-refractivity contribution in [2.24, 2.45) is 5.92 Å². The summed E-state index contributed by atoms with van der Waals surface area (Å²) in [6.07, 6.45) is 6.26. The number of aromatic nitrogens is 3. The van der Waals surface area contributed by atoms with Crippen LogP contribution in [0.3, 0.4) is 0 Å². The Kier molecular flexibility index (Phi) is 8.12. The Bertz CT molecular complexity index is 1070. The van der Waals surface area contributed by atoms with Gasteiger partial charge in [0.05, 0.1) is 18.9 Å². The van der Waals surface area contributed by atoms with Crippen molar-refractivity contribution in [1.29, 1.82) is 0 Å². The van der Waals surface area contributed by atoms with Crippen molar-refractivity contribution in [2.75, 3.05) is 22.9 Å². The van der Waals surface area contributed by atoms with Crippen LogP contribution in [0, 0.1) is 5.92 Å². The average molecular weight is 478 g/mol. The Morgan fingerprint density at radius 2 is 1.76 bits per heavy atom. The molecule has 0 spiro atoms. The van der Waals surface area contributed by atoms with Gasteiger partial charge in [0.25, 0.3) is 0 Å². The number of anilines is 2. The molecule has 1 aliphatic carbocycles. The molecular weight excluding hydrogens is 442 g/mol. The molecule has 2 unspecified atom stereocenters. The molecule has 0 bridgehead atoms. The van der Waals surface area contributed by atoms with E-state index < -0.39 is 10.0 Å². The van der Waals surface area contributed by atoms with Crippen LogP contribution in [0.2, 0.25) is 0 Å². The second-order valence-electron chi connectivity index (χ2n) is 9.42. The van der Waals surface area contributed by atoms with Crippen molar-refractivity contribution in [3.05, 3.63) is 34.6 Å². The highest BCUT2D eigenvalue weighted by Gasteiger charge is 2.20. The summed E-state index contributed by atoms with van der Waals surface area (Å²) in [5, 5.41) is 23.3. The number of phenolic OH excluding ortho intramolecular Hbond substituents is 1. The number of nitrogens with one attached hydrogen (secondary N) is 2. The molecule has 2 atom stereocenters. The lowest BCUT2D eigenvalue weighted by Crippen LogP contribution is -2.27. The molecule has 4 N–H and O–H groups in total. The van der Waals surface area contributed by atoms with E-state index in [0.29, 0.717) is 30.3 Å². The molecule has 9 nitrogen and oxygen atoms in total. The zero-order chi connectivity index (χ0) is 24.2. The molecular formula is C23H35N5O4S. The first kappa shape index (κ1) is 25.2. The van der Waals surface area contributed by atoms with E-state index >= 15 is 0 Å². The zero-order valence-corrected chi connectivity index (χ0v) is 20.6. The molecule has 3 rings (SSSR count). The molecule has 182 valence electrons. The number of aliphatic hydroxyl groups excluding tert-OH is 1. The number of phenols is 1. The Morgan fingerprint density at radius 1 is 1.06 bits per heavy atom. The van der Waals surface area contributed by atoms with Crippen molar-refractivity contribution >= 4 is 21.9 Å². The van der Waals surface area contributed by atoms with Crippen molar-refractivity contribution in [3.8, 4) is 5.75 Å². The molecule has 10 heteroatoms. The van der Waals surface area contributed by atoms with Gasteiger partial charge in [0.15, 0.2) is 0 Å². The SMILES string of the molecule is CC(C)CC(CO)Nc1nc(CC(C)c2cc(O)c3c(c2)CCCC3)nc(NS(C)(=O)=O)n1. The summed E-state index contributed by atoms with van der Waals surface area (Å²) < 4.78 is 25.9. The normalized spacial score (nSPS) is 15.7. The van der Waals surface area contributed by atoms with Crippen LogP contribution in [0.25, 0.3) is 0 Å². The average Bonchev–Trinajstić information content (AvgIpc) is 2.71. The van der Waals surface area contributed by atoms with Gasteiger partial charge in [-0.2, -0.15) is 15.0 Å². The first-order valence-corrected chi connectivity index (χ1v) is 13.4. The minimum Gasteiger partial charge on any atom is -0.508 e. The molecule has 1 aromatic heterocycles. The monoisotopic (exact) mass is 477 g/mol. The minimum absolute atomic E-state index is 0.00578. The van der Waals surface area contributed by atoms with Crippen molar-refractivity contribution in [2.45, 2.75) is 71.3 Å². The Labute approximate surface area is 196 Å². The van der Waals surface area contributed by atoms with Gasteiger partial charge in [-0.25, -0.2) is 8.42 Å². The largest absolute Gasteiger partial charge is 0.508 e. The van der Waals surface area contributed by atoms with Gasteiger partial charge in [-0.15, -0.1) is 0 Å². The smallest absolute Gasteiger partial charge is 0.241 e. The van der Waals surface area contributed by atoms with Crippen LogP contribution >= 0.6 is 0 Å². The van der Waals surface area contributed by atoms with Gasteiger partial charge in [0, 0.05) is 6.42 Å². The quantitative estimate of drug-likeness (QED) is 0.410. The Hall–Kier alpha value is -2.46. The standard InChI is InChI=1S/C23H35N5O4S/c1-14(2)9-18(13-29)24-22-25-21(26-23(27-22)28-33(4,31)32)10-15(3)17-11-16-7-5-6-8-19(16)20(30)12-17/h11-12,14-15,18,29-30H,5-10,13H2,1-4H3,(H2,24,25,26,27,28). The molecule has 0 saturated carbocycles. The summed E-state index contributed by atoms with van der Waals surface area (Å²) in [7, 11) is -3.57. The third-order valence-electron chi connectivity index (χ3n) is 5.79. The van der Waals surface area contributed by atoms with Gasteiger partial charge < -0.3 is 15.5 Å². The number of hydrogen-bond donors (Lipinski definition) is 4. The molecule has 0 amide bonds. The van der Waals surface area contributed by atoms with Crippen LogP contribution < -0.4 is 10.0 Å². The number of aromatic hydroxyl groups is 1. The number of benzene rings is 1. The molecule has 0 radical (unpaired) electrons. The van der Waals surface area contributed by atoms with Crippen molar-refractivity contribution < 1.29 is 18.6 Å². The number of hydrogen-bond acceptors (Lipinski definition) is 8. The Balaban J connectivity index is 1.87. The number of aliphatic hydroxyl groups is 1. The van der Waals surface area contributed by atoms with Crippen molar-refractivity contribution in [3.63, 3.8) is 0 Å². The van der Waals surface area contributed by atoms with Crippen LogP contribution in [-0.2, 0) is 29.3 Å². The van der Waals surface area contributed by atoms with E-state index in [2.05, 4.69) is 44.9 Å². The maximum absolute atomic E-state index is 11.8. The highest BCUT2D eigenvalue weighted by atomic mass is 32.2. The first-order valence-electron chi connectivity index (χ1n) is 11.5. The number of nitrogens with zero attached hydrogens (tertiary/aromatic N) is 3. The maximum Gasteiger partial charge on any atom is 0.241 e. The summed E-state index contributed by atoms with van der Waals surface area (Å²) in [6.45, 7) is 6.03. The molecule has 0 fully saturated rings. The molecule has 0 saturated heterocycles. The fourth-order valence-electron chi connectivity index (χ4n) is 4.26. The van der Waals surface area contributed by atoms with Gasteiger partial charge in [-0.05, 0) is 66.7 Å². The summed E-state index contributed by atoms with van der Waals surface area (Å²) in [4.78, 5) is 13.0. The summed E-state index contributed by atoms with van der Waals surface area (Å²) in [6, 6.07) is 3.70. The second-order valence-corrected chi connectivity index (χ2v) is 11.2. The zero-order valence-electron chi connectivity index (χ0n) is 19.8. The molecule has 1 aromatic carbocycles. The maximum atomic E-state index is 11.8. The van der Waals surface area contributed by atoms with E-state index in [4.69, 9.17) is 0 Å². The number of fused-ring (bicyclic) bond motifs is 1. The third kappa shape index (κ3) is 7.26. The molecule has 2 aromatic rings. The number of aryl methyl sites for hydroxylation is 1. The predicted molar refractivity (Wildman–Crippen MR) is 129 cm³/mol. The first-order chi connectivity index (χ1) is 15.5. The lowest BCUT2D eigenvalue weighted by atomic mass is 9.86. The van der Waals surface area contributed by atoms with E-state index in [1.54, 1.807) is 0 Å². The van der Waals surface area contributed by atoms with Crippen molar-refractivity contribution in [1.82, 2.24) is 15.0 Å².